The minimum absolute atomic E-state index is 0. The molecule has 2 aromatic carbocycles. The molecule has 1 aliphatic heterocycles. The van der Waals surface area contributed by atoms with Crippen molar-refractivity contribution in [2.75, 3.05) is 0 Å². The molecule has 6 rings (SSSR count). The number of aromatic nitrogens is 4. The van der Waals surface area contributed by atoms with E-state index in [0.29, 0.717) is 28.2 Å². The number of hydrogen-bond donors (Lipinski definition) is 0. The molecule has 0 N–H and O–H groups in total. The van der Waals surface area contributed by atoms with E-state index in [4.69, 9.17) is 14.5 Å². The molecule has 10 nitrogen and oxygen atoms in total. The number of amides is 2. The van der Waals surface area contributed by atoms with Crippen LogP contribution in [0.4, 0.5) is 0 Å². The summed E-state index contributed by atoms with van der Waals surface area (Å²) in [5, 5.41) is 9.11. The quantitative estimate of drug-likeness (QED) is 0.129. The molecule has 218 valence electrons. The van der Waals surface area contributed by atoms with Crippen molar-refractivity contribution in [3.05, 3.63) is 85.2 Å². The molecule has 4 heterocycles. The van der Waals surface area contributed by atoms with E-state index in [0.717, 1.165) is 47.3 Å². The summed E-state index contributed by atoms with van der Waals surface area (Å²) in [5.41, 5.74) is 6.35. The first-order chi connectivity index (χ1) is 20.6. The van der Waals surface area contributed by atoms with Crippen molar-refractivity contribution in [3.63, 3.8) is 0 Å². The molecule has 1 saturated heterocycles. The van der Waals surface area contributed by atoms with Crippen LogP contribution in [0.15, 0.2) is 89.8 Å². The van der Waals surface area contributed by atoms with Crippen LogP contribution in [0.3, 0.4) is 0 Å². The number of fused-ring (bicyclic) bond motifs is 1. The van der Waals surface area contributed by atoms with Gasteiger partial charge in [-0.25, -0.2) is 19.0 Å². The van der Waals surface area contributed by atoms with Gasteiger partial charge in [0.1, 0.15) is 17.8 Å². The van der Waals surface area contributed by atoms with Crippen molar-refractivity contribution in [2.45, 2.75) is 45.1 Å². The SMILES string of the molecule is O=C(CCCCC[n+]1cccc(-c2nc(-c3ccccc3)c3nonc3c2-c2ccccc2)c1)ON1C(=O)CCC1=O.[Br-]. The van der Waals surface area contributed by atoms with Crippen LogP contribution in [0.25, 0.3) is 44.7 Å². The number of carbonyl (C=O) groups is 3. The highest BCUT2D eigenvalue weighted by Crippen LogP contribution is 2.39. The lowest BCUT2D eigenvalue weighted by Crippen LogP contribution is -3.00. The van der Waals surface area contributed by atoms with E-state index in [1.54, 1.807) is 0 Å². The van der Waals surface area contributed by atoms with Gasteiger partial charge in [-0.15, -0.1) is 5.06 Å². The smallest absolute Gasteiger partial charge is 0.333 e. The molecule has 5 aromatic rings. The first kappa shape index (κ1) is 29.7. The van der Waals surface area contributed by atoms with Gasteiger partial charge in [0.2, 0.25) is 0 Å². The largest absolute Gasteiger partial charge is 1.00 e. The van der Waals surface area contributed by atoms with E-state index in [2.05, 4.69) is 21.1 Å². The molecule has 0 saturated carbocycles. The first-order valence-electron chi connectivity index (χ1n) is 13.9. The fourth-order valence-electron chi connectivity index (χ4n) is 5.07. The lowest BCUT2D eigenvalue weighted by molar-refractivity contribution is -0.696. The second kappa shape index (κ2) is 13.5. The Hall–Kier alpha value is -4.77. The summed E-state index contributed by atoms with van der Waals surface area (Å²) >= 11 is 0. The second-order valence-electron chi connectivity index (χ2n) is 10.1. The van der Waals surface area contributed by atoms with Gasteiger partial charge >= 0.3 is 5.97 Å². The lowest BCUT2D eigenvalue weighted by atomic mass is 9.96. The maximum Gasteiger partial charge on any atom is 0.333 e. The van der Waals surface area contributed by atoms with E-state index in [1.807, 2.05) is 79.0 Å². The number of pyridine rings is 2. The van der Waals surface area contributed by atoms with Gasteiger partial charge in [0, 0.05) is 42.9 Å². The molecule has 0 unspecified atom stereocenters. The van der Waals surface area contributed by atoms with Gasteiger partial charge in [-0.1, -0.05) is 60.7 Å². The predicted octanol–water partition coefficient (Wildman–Crippen LogP) is 2.08. The van der Waals surface area contributed by atoms with Crippen LogP contribution in [0.2, 0.25) is 0 Å². The fraction of sp³-hybridized carbons (Fsp3) is 0.219. The summed E-state index contributed by atoms with van der Waals surface area (Å²) < 4.78 is 7.33. The van der Waals surface area contributed by atoms with Gasteiger partial charge in [0.25, 0.3) is 11.8 Å². The Morgan fingerprint density at radius 3 is 2.16 bits per heavy atom. The molecule has 0 bridgehead atoms. The molecular formula is C32H28BrN5O5. The van der Waals surface area contributed by atoms with Crippen molar-refractivity contribution in [1.82, 2.24) is 20.4 Å². The third-order valence-electron chi connectivity index (χ3n) is 7.15. The maximum atomic E-state index is 12.1. The third kappa shape index (κ3) is 6.51. The molecule has 0 spiro atoms. The second-order valence-corrected chi connectivity index (χ2v) is 10.1. The third-order valence-corrected chi connectivity index (χ3v) is 7.15. The number of rotatable bonds is 10. The van der Waals surface area contributed by atoms with Crippen molar-refractivity contribution in [3.8, 4) is 33.6 Å². The van der Waals surface area contributed by atoms with E-state index in [1.165, 1.54) is 0 Å². The zero-order valence-corrected chi connectivity index (χ0v) is 24.8. The van der Waals surface area contributed by atoms with Gasteiger partial charge in [0.05, 0.1) is 11.3 Å². The van der Waals surface area contributed by atoms with Crippen LogP contribution in [0, 0.1) is 0 Å². The summed E-state index contributed by atoms with van der Waals surface area (Å²) in [6.07, 6.45) is 6.55. The van der Waals surface area contributed by atoms with E-state index in [9.17, 15) is 14.4 Å². The number of benzene rings is 2. The molecule has 11 heteroatoms. The van der Waals surface area contributed by atoms with Gasteiger partial charge < -0.3 is 21.8 Å². The fourth-order valence-corrected chi connectivity index (χ4v) is 5.07. The van der Waals surface area contributed by atoms with Crippen molar-refractivity contribution in [2.24, 2.45) is 0 Å². The molecule has 1 aliphatic rings. The molecule has 2 amide bonds. The summed E-state index contributed by atoms with van der Waals surface area (Å²) in [5.74, 6) is -1.51. The Bertz CT molecular complexity index is 1740. The highest BCUT2D eigenvalue weighted by atomic mass is 79.9. The predicted molar refractivity (Wildman–Crippen MR) is 152 cm³/mol. The van der Waals surface area contributed by atoms with Crippen LogP contribution >= 0.6 is 0 Å². The Labute approximate surface area is 258 Å². The number of aryl methyl sites for hydroxylation is 1. The molecule has 0 aliphatic carbocycles. The van der Waals surface area contributed by atoms with Crippen LogP contribution in [-0.4, -0.2) is 38.1 Å². The normalized spacial score (nSPS) is 12.9. The number of hydroxylamine groups is 2. The van der Waals surface area contributed by atoms with Crippen molar-refractivity contribution in [1.29, 1.82) is 0 Å². The molecule has 3 aromatic heterocycles. The maximum absolute atomic E-state index is 12.1. The van der Waals surface area contributed by atoms with Crippen LogP contribution in [-0.2, 0) is 25.8 Å². The molecule has 0 radical (unpaired) electrons. The van der Waals surface area contributed by atoms with Crippen molar-refractivity contribution >= 4 is 28.8 Å². The summed E-state index contributed by atoms with van der Waals surface area (Å²) in [6.45, 7) is 0.728. The van der Waals surface area contributed by atoms with Crippen LogP contribution < -0.4 is 21.5 Å². The Balaban J connectivity index is 0.00000368. The average molecular weight is 643 g/mol. The Morgan fingerprint density at radius 2 is 1.44 bits per heavy atom. The van der Waals surface area contributed by atoms with E-state index < -0.39 is 17.8 Å². The summed E-state index contributed by atoms with van der Waals surface area (Å²) in [4.78, 5) is 45.4. The van der Waals surface area contributed by atoms with Crippen LogP contribution in [0.1, 0.15) is 38.5 Å². The lowest BCUT2D eigenvalue weighted by Gasteiger charge is -2.12. The van der Waals surface area contributed by atoms with Gasteiger partial charge in [-0.2, -0.15) is 0 Å². The number of nitrogens with zero attached hydrogens (tertiary/aromatic N) is 5. The molecule has 43 heavy (non-hydrogen) atoms. The molecular weight excluding hydrogens is 614 g/mol. The van der Waals surface area contributed by atoms with E-state index >= 15 is 0 Å². The topological polar surface area (TPSA) is 119 Å². The van der Waals surface area contributed by atoms with E-state index in [-0.39, 0.29) is 36.2 Å². The van der Waals surface area contributed by atoms with Crippen molar-refractivity contribution < 1.29 is 45.4 Å². The number of unbranched alkanes of at least 4 members (excludes halogenated alkanes) is 2. The Morgan fingerprint density at radius 1 is 0.791 bits per heavy atom. The zero-order valence-electron chi connectivity index (χ0n) is 23.2. The zero-order chi connectivity index (χ0) is 28.9. The van der Waals surface area contributed by atoms with Crippen LogP contribution in [0.5, 0.6) is 0 Å². The highest BCUT2D eigenvalue weighted by molar-refractivity contribution is 6.04. The Kier molecular flexibility index (Phi) is 9.31. The number of halogens is 1. The minimum atomic E-state index is -0.570. The molecule has 0 atom stereocenters. The standard InChI is InChI=1S/C32H28N5O5.BrH/c38-25-17-18-26(39)37(25)41-27(40)16-8-3-9-19-36-20-10-15-24(21-36)29-28(22-11-4-1-5-12-22)31-32(35-42-34-31)30(33-29)23-13-6-2-7-14-23;/h1-2,4-7,10-15,20-21H,3,8-9,16-19H2;1H/q+1;/p-1. The molecule has 1 fully saturated rings. The van der Waals surface area contributed by atoms with Gasteiger partial charge in [-0.3, -0.25) is 9.59 Å². The number of hydrogen-bond acceptors (Lipinski definition) is 8. The number of carbonyl (C=O) groups excluding carboxylic acids is 3. The first-order valence-corrected chi connectivity index (χ1v) is 13.9. The highest BCUT2D eigenvalue weighted by Gasteiger charge is 2.32. The monoisotopic (exact) mass is 641 g/mol. The van der Waals surface area contributed by atoms with Gasteiger partial charge in [-0.05, 0) is 34.8 Å². The summed E-state index contributed by atoms with van der Waals surface area (Å²) in [6, 6.07) is 23.8. The average Bonchev–Trinajstić information content (AvgIpc) is 3.64. The minimum Gasteiger partial charge on any atom is -1.00 e. The number of imide groups is 1. The summed E-state index contributed by atoms with van der Waals surface area (Å²) in [7, 11) is 0. The van der Waals surface area contributed by atoms with Gasteiger partial charge in [0.15, 0.2) is 17.9 Å².